The number of anilines is 2. The fraction of sp³-hybridized carbons (Fsp3) is 0.364. The number of nitrogens with zero attached hydrogens (tertiary/aromatic N) is 2. The van der Waals surface area contributed by atoms with E-state index in [-0.39, 0.29) is 0 Å². The molecule has 2 N–H and O–H groups in total. The Balaban J connectivity index is 2.30. The molecule has 0 atom stereocenters. The molecule has 2 rings (SSSR count). The normalized spacial score (nSPS) is 16.1. The highest BCUT2D eigenvalue weighted by atomic mass is 16.7. The van der Waals surface area contributed by atoms with Crippen LogP contribution in [0.2, 0.25) is 0 Å². The zero-order valence-corrected chi connectivity index (χ0v) is 8.44. The third kappa shape index (κ3) is 2.03. The largest absolute Gasteiger partial charge is 0.399 e. The lowest BCUT2D eigenvalue weighted by Gasteiger charge is -2.28. The van der Waals surface area contributed by atoms with E-state index < -0.39 is 0 Å². The van der Waals surface area contributed by atoms with E-state index in [1.54, 1.807) is 17.2 Å². The van der Waals surface area contributed by atoms with Gasteiger partial charge in [0.15, 0.2) is 0 Å². The van der Waals surface area contributed by atoms with E-state index in [1.165, 1.54) is 0 Å². The van der Waals surface area contributed by atoms with Gasteiger partial charge in [0.2, 0.25) is 0 Å². The highest BCUT2D eigenvalue weighted by Crippen LogP contribution is 2.24. The third-order valence-electron chi connectivity index (χ3n) is 2.41. The summed E-state index contributed by atoms with van der Waals surface area (Å²) in [6.45, 7) is 1.55. The van der Waals surface area contributed by atoms with Crippen molar-refractivity contribution in [3.63, 3.8) is 0 Å². The molecule has 0 aliphatic carbocycles. The second kappa shape index (κ2) is 4.20. The zero-order chi connectivity index (χ0) is 10.7. The molecule has 78 valence electrons. The molecular weight excluding hydrogens is 190 g/mol. The van der Waals surface area contributed by atoms with Gasteiger partial charge in [0, 0.05) is 12.2 Å². The highest BCUT2D eigenvalue weighted by Gasteiger charge is 2.15. The summed E-state index contributed by atoms with van der Waals surface area (Å²) in [5.74, 6) is 0. The number of nitrogen functional groups attached to an aromatic ring is 1. The first kappa shape index (κ1) is 9.81. The summed E-state index contributed by atoms with van der Waals surface area (Å²) < 4.78 is 0. The Morgan fingerprint density at radius 2 is 2.27 bits per heavy atom. The standard InChI is InChI=1S/C11H13N3O/c12-8-9-7-10(13)3-4-11(9)14-5-1-2-6-15-14/h3-4,7H,1-2,5-6,13H2. The van der Waals surface area contributed by atoms with Crippen molar-refractivity contribution in [1.29, 1.82) is 5.26 Å². The van der Waals surface area contributed by atoms with E-state index >= 15 is 0 Å². The Morgan fingerprint density at radius 1 is 1.40 bits per heavy atom. The predicted molar refractivity (Wildman–Crippen MR) is 58.1 cm³/mol. The Hall–Kier alpha value is -1.73. The van der Waals surface area contributed by atoms with Gasteiger partial charge in [-0.2, -0.15) is 5.26 Å². The van der Waals surface area contributed by atoms with E-state index in [9.17, 15) is 0 Å². The molecule has 0 radical (unpaired) electrons. The van der Waals surface area contributed by atoms with Gasteiger partial charge >= 0.3 is 0 Å². The van der Waals surface area contributed by atoms with Crippen molar-refractivity contribution in [1.82, 2.24) is 0 Å². The molecule has 0 amide bonds. The number of nitrogens with two attached hydrogens (primary N) is 1. The Morgan fingerprint density at radius 3 is 2.93 bits per heavy atom. The van der Waals surface area contributed by atoms with Gasteiger partial charge in [-0.15, -0.1) is 0 Å². The second-order valence-corrected chi connectivity index (χ2v) is 3.53. The summed E-state index contributed by atoms with van der Waals surface area (Å²) in [7, 11) is 0. The average molecular weight is 203 g/mol. The molecular formula is C11H13N3O. The van der Waals surface area contributed by atoms with Crippen LogP contribution in [-0.2, 0) is 4.84 Å². The van der Waals surface area contributed by atoms with Gasteiger partial charge in [0.1, 0.15) is 6.07 Å². The van der Waals surface area contributed by atoms with Gasteiger partial charge in [-0.3, -0.25) is 9.90 Å². The Kier molecular flexibility index (Phi) is 2.75. The van der Waals surface area contributed by atoms with Crippen LogP contribution < -0.4 is 10.8 Å². The first-order valence-electron chi connectivity index (χ1n) is 5.01. The molecule has 4 nitrogen and oxygen atoms in total. The van der Waals surface area contributed by atoms with Gasteiger partial charge < -0.3 is 5.73 Å². The molecule has 0 saturated carbocycles. The molecule has 15 heavy (non-hydrogen) atoms. The fourth-order valence-electron chi connectivity index (χ4n) is 1.65. The van der Waals surface area contributed by atoms with Crippen LogP contribution in [-0.4, -0.2) is 13.2 Å². The molecule has 1 aromatic rings. The minimum atomic E-state index is 0.567. The summed E-state index contributed by atoms with van der Waals surface area (Å²) in [6.07, 6.45) is 2.17. The molecule has 1 aromatic carbocycles. The topological polar surface area (TPSA) is 62.3 Å². The van der Waals surface area contributed by atoms with Crippen molar-refractivity contribution in [3.8, 4) is 6.07 Å². The first-order valence-corrected chi connectivity index (χ1v) is 5.01. The zero-order valence-electron chi connectivity index (χ0n) is 8.44. The maximum Gasteiger partial charge on any atom is 0.101 e. The van der Waals surface area contributed by atoms with Crippen molar-refractivity contribution in [3.05, 3.63) is 23.8 Å². The van der Waals surface area contributed by atoms with Crippen LogP contribution in [0.3, 0.4) is 0 Å². The summed E-state index contributed by atoms with van der Waals surface area (Å²) in [4.78, 5) is 5.49. The lowest BCUT2D eigenvalue weighted by atomic mass is 10.1. The Bertz CT molecular complexity index is 391. The summed E-state index contributed by atoms with van der Waals surface area (Å²) in [5.41, 5.74) is 7.60. The molecule has 1 saturated heterocycles. The van der Waals surface area contributed by atoms with Crippen LogP contribution in [0.15, 0.2) is 18.2 Å². The van der Waals surface area contributed by atoms with E-state index in [2.05, 4.69) is 6.07 Å². The van der Waals surface area contributed by atoms with Crippen molar-refractivity contribution in [2.24, 2.45) is 0 Å². The van der Waals surface area contributed by atoms with Crippen molar-refractivity contribution >= 4 is 11.4 Å². The SMILES string of the molecule is N#Cc1cc(N)ccc1N1CCCCO1. The van der Waals surface area contributed by atoms with Crippen molar-refractivity contribution < 1.29 is 4.84 Å². The Labute approximate surface area is 88.8 Å². The van der Waals surface area contributed by atoms with Gasteiger partial charge in [-0.1, -0.05) is 0 Å². The fourth-order valence-corrected chi connectivity index (χ4v) is 1.65. The van der Waals surface area contributed by atoms with Crippen LogP contribution >= 0.6 is 0 Å². The number of rotatable bonds is 1. The van der Waals surface area contributed by atoms with E-state index in [0.29, 0.717) is 11.3 Å². The molecule has 4 heteroatoms. The van der Waals surface area contributed by atoms with Crippen LogP contribution in [0, 0.1) is 11.3 Å². The smallest absolute Gasteiger partial charge is 0.101 e. The third-order valence-corrected chi connectivity index (χ3v) is 2.41. The quantitative estimate of drug-likeness (QED) is 0.705. The van der Waals surface area contributed by atoms with Crippen LogP contribution in [0.5, 0.6) is 0 Å². The maximum atomic E-state index is 8.99. The average Bonchev–Trinajstić information content (AvgIpc) is 2.30. The predicted octanol–water partition coefficient (Wildman–Crippen LogP) is 1.67. The molecule has 1 fully saturated rings. The van der Waals surface area contributed by atoms with Gasteiger partial charge in [0.05, 0.1) is 17.9 Å². The highest BCUT2D eigenvalue weighted by molar-refractivity contribution is 5.63. The summed E-state index contributed by atoms with van der Waals surface area (Å²) in [6, 6.07) is 7.42. The van der Waals surface area contributed by atoms with E-state index in [4.69, 9.17) is 15.8 Å². The van der Waals surface area contributed by atoms with Crippen molar-refractivity contribution in [2.75, 3.05) is 23.9 Å². The second-order valence-electron chi connectivity index (χ2n) is 3.53. The number of hydrogen-bond acceptors (Lipinski definition) is 4. The lowest BCUT2D eigenvalue weighted by Crippen LogP contribution is -2.30. The van der Waals surface area contributed by atoms with E-state index in [0.717, 1.165) is 31.7 Å². The monoisotopic (exact) mass is 203 g/mol. The van der Waals surface area contributed by atoms with Gasteiger partial charge in [-0.25, -0.2) is 0 Å². The van der Waals surface area contributed by atoms with Crippen LogP contribution in [0.1, 0.15) is 18.4 Å². The molecule has 0 bridgehead atoms. The number of nitriles is 1. The molecule has 0 spiro atoms. The molecule has 0 aromatic heterocycles. The molecule has 1 aliphatic rings. The van der Waals surface area contributed by atoms with Gasteiger partial charge in [0.25, 0.3) is 0 Å². The number of benzene rings is 1. The van der Waals surface area contributed by atoms with E-state index in [1.807, 2.05) is 6.07 Å². The molecule has 1 aliphatic heterocycles. The molecule has 0 unspecified atom stereocenters. The minimum absolute atomic E-state index is 0.567. The molecule has 1 heterocycles. The minimum Gasteiger partial charge on any atom is -0.399 e. The van der Waals surface area contributed by atoms with Crippen LogP contribution in [0.4, 0.5) is 11.4 Å². The number of hydrogen-bond donors (Lipinski definition) is 1. The number of hydroxylamine groups is 1. The van der Waals surface area contributed by atoms with Crippen LogP contribution in [0.25, 0.3) is 0 Å². The maximum absolute atomic E-state index is 8.99. The van der Waals surface area contributed by atoms with Gasteiger partial charge in [-0.05, 0) is 31.0 Å². The first-order chi connectivity index (χ1) is 7.31. The van der Waals surface area contributed by atoms with Crippen molar-refractivity contribution in [2.45, 2.75) is 12.8 Å². The lowest BCUT2D eigenvalue weighted by molar-refractivity contribution is 0.0777. The summed E-state index contributed by atoms with van der Waals surface area (Å²) in [5, 5.41) is 10.8. The summed E-state index contributed by atoms with van der Waals surface area (Å²) >= 11 is 0.